The number of hydrogen-bond donors (Lipinski definition) is 3. The normalized spacial score (nSPS) is 12.8. The molecular weight excluding hydrogens is 508 g/mol. The first kappa shape index (κ1) is 25.0. The number of alkyl halides is 3. The molecule has 10 nitrogen and oxygen atoms in total. The molecule has 0 amide bonds. The molecule has 5 aromatic rings. The summed E-state index contributed by atoms with van der Waals surface area (Å²) in [5.74, 6) is -0.507. The number of benzene rings is 1. The summed E-state index contributed by atoms with van der Waals surface area (Å²) in [6, 6.07) is 3.87. The molecule has 0 spiro atoms. The van der Waals surface area contributed by atoms with Crippen molar-refractivity contribution in [2.75, 3.05) is 5.32 Å². The number of aromatic amines is 2. The lowest BCUT2D eigenvalue weighted by molar-refractivity contribution is -0.138. The Labute approximate surface area is 210 Å². The van der Waals surface area contributed by atoms with E-state index >= 15 is 0 Å². The second kappa shape index (κ2) is 9.68. The van der Waals surface area contributed by atoms with E-state index in [0.29, 0.717) is 29.3 Å². The molecule has 4 aromatic heterocycles. The van der Waals surface area contributed by atoms with Crippen LogP contribution in [0.25, 0.3) is 33.2 Å². The monoisotopic (exact) mass is 528 g/mol. The molecule has 0 aliphatic carbocycles. The van der Waals surface area contributed by atoms with Crippen LogP contribution in [0.1, 0.15) is 25.3 Å². The van der Waals surface area contributed by atoms with Gasteiger partial charge in [-0.2, -0.15) is 23.4 Å². The Morgan fingerprint density at radius 2 is 1.87 bits per heavy atom. The van der Waals surface area contributed by atoms with Crippen LogP contribution >= 0.6 is 0 Å². The van der Waals surface area contributed by atoms with Crippen molar-refractivity contribution in [3.8, 4) is 11.4 Å². The Kier molecular flexibility index (Phi) is 6.38. The Morgan fingerprint density at radius 3 is 2.66 bits per heavy atom. The Hall–Kier alpha value is -4.62. The van der Waals surface area contributed by atoms with Crippen molar-refractivity contribution in [2.24, 2.45) is 0 Å². The molecule has 196 valence electrons. The third-order valence-electron chi connectivity index (χ3n) is 6.07. The van der Waals surface area contributed by atoms with Crippen LogP contribution in [0.4, 0.5) is 23.2 Å². The fraction of sp³-hybridized carbons (Fsp3) is 0.250. The lowest BCUT2D eigenvalue weighted by Crippen LogP contribution is -2.27. The van der Waals surface area contributed by atoms with Gasteiger partial charge in [0.05, 0.1) is 34.4 Å². The van der Waals surface area contributed by atoms with Crippen LogP contribution in [-0.2, 0) is 12.7 Å². The van der Waals surface area contributed by atoms with Crippen LogP contribution in [-0.4, -0.2) is 41.0 Å². The van der Waals surface area contributed by atoms with E-state index in [4.69, 9.17) is 0 Å². The fourth-order valence-electron chi connectivity index (χ4n) is 4.22. The summed E-state index contributed by atoms with van der Waals surface area (Å²) in [6.45, 7) is 1.91. The van der Waals surface area contributed by atoms with Crippen LogP contribution in [0, 0.1) is 5.82 Å². The molecule has 0 aliphatic rings. The van der Waals surface area contributed by atoms with Gasteiger partial charge in [0, 0.05) is 25.0 Å². The second-order valence-electron chi connectivity index (χ2n) is 8.77. The van der Waals surface area contributed by atoms with Gasteiger partial charge in [-0.15, -0.1) is 0 Å². The first-order valence-corrected chi connectivity index (χ1v) is 11.5. The van der Waals surface area contributed by atoms with Crippen molar-refractivity contribution < 1.29 is 17.6 Å². The van der Waals surface area contributed by atoms with E-state index in [0.717, 1.165) is 12.3 Å². The van der Waals surface area contributed by atoms with Gasteiger partial charge >= 0.3 is 6.18 Å². The van der Waals surface area contributed by atoms with Crippen molar-refractivity contribution in [2.45, 2.75) is 38.5 Å². The Balaban J connectivity index is 1.30. The molecule has 1 aromatic carbocycles. The first-order valence-electron chi connectivity index (χ1n) is 11.5. The molecule has 0 fully saturated rings. The maximum Gasteiger partial charge on any atom is 0.423 e. The topological polar surface area (TPSA) is 134 Å². The van der Waals surface area contributed by atoms with Gasteiger partial charge < -0.3 is 9.88 Å². The van der Waals surface area contributed by atoms with Crippen LogP contribution < -0.4 is 16.4 Å². The minimum Gasteiger partial charge on any atom is -0.381 e. The summed E-state index contributed by atoms with van der Waals surface area (Å²) in [5, 5.41) is 15.8. The molecule has 5 rings (SSSR count). The molecule has 0 unspecified atom stereocenters. The Morgan fingerprint density at radius 1 is 1.08 bits per heavy atom. The van der Waals surface area contributed by atoms with Crippen molar-refractivity contribution >= 4 is 27.5 Å². The number of fused-ring (bicyclic) bond motifs is 2. The maximum atomic E-state index is 15.0. The predicted octanol–water partition coefficient (Wildman–Crippen LogP) is 3.86. The smallest absolute Gasteiger partial charge is 0.381 e. The molecule has 0 radical (unpaired) electrons. The minimum absolute atomic E-state index is 0.138. The largest absolute Gasteiger partial charge is 0.423 e. The van der Waals surface area contributed by atoms with E-state index < -0.39 is 40.4 Å². The van der Waals surface area contributed by atoms with Gasteiger partial charge in [-0.05, 0) is 43.4 Å². The number of rotatable bonds is 7. The van der Waals surface area contributed by atoms with Gasteiger partial charge in [-0.1, -0.05) is 0 Å². The number of halogens is 4. The number of H-pyrrole nitrogens is 2. The number of hydrogen-bond acceptors (Lipinski definition) is 7. The van der Waals surface area contributed by atoms with Crippen molar-refractivity contribution in [1.29, 1.82) is 0 Å². The zero-order valence-corrected chi connectivity index (χ0v) is 19.8. The lowest BCUT2D eigenvalue weighted by atomic mass is 10.1. The minimum atomic E-state index is -4.84. The molecule has 4 heterocycles. The molecule has 3 N–H and O–H groups in total. The van der Waals surface area contributed by atoms with E-state index in [1.54, 1.807) is 30.5 Å². The number of anilines is 1. The molecule has 0 saturated heterocycles. The SMILES string of the molecule is C[C@@H](CCCn1ccc2cc(-c3ncc4cn[nH]c4n3)c(F)cc2c1=O)Nc1cn[nH]c(=O)c1C(F)(F)F. The number of nitrogens with zero attached hydrogens (tertiary/aromatic N) is 5. The van der Waals surface area contributed by atoms with Crippen molar-refractivity contribution in [1.82, 2.24) is 34.9 Å². The van der Waals surface area contributed by atoms with Gasteiger partial charge in [-0.3, -0.25) is 14.7 Å². The highest BCUT2D eigenvalue weighted by molar-refractivity contribution is 5.86. The fourth-order valence-corrected chi connectivity index (χ4v) is 4.22. The van der Waals surface area contributed by atoms with E-state index in [1.165, 1.54) is 16.8 Å². The van der Waals surface area contributed by atoms with Crippen LogP contribution in [0.15, 0.2) is 52.6 Å². The second-order valence-corrected chi connectivity index (χ2v) is 8.77. The molecule has 1 atom stereocenters. The highest BCUT2D eigenvalue weighted by Crippen LogP contribution is 2.32. The average Bonchev–Trinajstić information content (AvgIpc) is 3.33. The highest BCUT2D eigenvalue weighted by atomic mass is 19.4. The van der Waals surface area contributed by atoms with E-state index in [9.17, 15) is 27.2 Å². The third-order valence-corrected chi connectivity index (χ3v) is 6.07. The summed E-state index contributed by atoms with van der Waals surface area (Å²) in [5.41, 5.74) is -2.91. The third kappa shape index (κ3) is 4.84. The summed E-state index contributed by atoms with van der Waals surface area (Å²) >= 11 is 0. The van der Waals surface area contributed by atoms with Gasteiger partial charge in [-0.25, -0.2) is 19.5 Å². The predicted molar refractivity (Wildman–Crippen MR) is 131 cm³/mol. The van der Waals surface area contributed by atoms with Crippen LogP contribution in [0.2, 0.25) is 0 Å². The molecule has 38 heavy (non-hydrogen) atoms. The molecule has 0 saturated carbocycles. The molecule has 0 aliphatic heterocycles. The number of aromatic nitrogens is 7. The molecule has 14 heteroatoms. The van der Waals surface area contributed by atoms with E-state index in [1.807, 2.05) is 0 Å². The molecule has 0 bridgehead atoms. The first-order chi connectivity index (χ1) is 18.1. The molecular formula is C24H20F4N8O2. The summed E-state index contributed by atoms with van der Waals surface area (Å²) in [6.07, 6.45) is 1.53. The van der Waals surface area contributed by atoms with E-state index in [2.05, 4.69) is 30.6 Å². The number of aryl methyl sites for hydroxylation is 1. The van der Waals surface area contributed by atoms with Gasteiger partial charge in [0.15, 0.2) is 11.5 Å². The zero-order chi connectivity index (χ0) is 27.0. The van der Waals surface area contributed by atoms with E-state index in [-0.39, 0.29) is 23.3 Å². The highest BCUT2D eigenvalue weighted by Gasteiger charge is 2.37. The lowest BCUT2D eigenvalue weighted by Gasteiger charge is -2.18. The Bertz CT molecular complexity index is 1760. The van der Waals surface area contributed by atoms with Gasteiger partial charge in [0.25, 0.3) is 11.1 Å². The van der Waals surface area contributed by atoms with Crippen LogP contribution in [0.3, 0.4) is 0 Å². The average molecular weight is 528 g/mol. The van der Waals surface area contributed by atoms with Gasteiger partial charge in [0.1, 0.15) is 11.4 Å². The van der Waals surface area contributed by atoms with Crippen molar-refractivity contribution in [3.05, 3.63) is 75.1 Å². The van der Waals surface area contributed by atoms with Crippen LogP contribution in [0.5, 0.6) is 0 Å². The summed E-state index contributed by atoms with van der Waals surface area (Å²) in [4.78, 5) is 33.1. The standard InChI is InChI=1S/C24H20F4N8O2/c1-12(32-18-11-31-35-22(37)19(18)24(26,27)28)3-2-5-36-6-4-13-7-16(17(25)8-15(13)23(36)38)21-29-9-14-10-30-34-20(14)33-21/h4,6-12H,2-3,5H2,1H3,(H2,32,35,37)(H,29,30,33,34)/t12-/m0/s1. The number of pyridine rings is 1. The van der Waals surface area contributed by atoms with Gasteiger partial charge in [0.2, 0.25) is 0 Å². The quantitative estimate of drug-likeness (QED) is 0.273. The summed E-state index contributed by atoms with van der Waals surface area (Å²) < 4.78 is 56.1. The number of nitrogens with one attached hydrogen (secondary N) is 3. The summed E-state index contributed by atoms with van der Waals surface area (Å²) in [7, 11) is 0. The zero-order valence-electron chi connectivity index (χ0n) is 19.8. The van der Waals surface area contributed by atoms with Crippen molar-refractivity contribution in [3.63, 3.8) is 0 Å². The maximum absolute atomic E-state index is 15.0.